The Morgan fingerprint density at radius 3 is 1.20 bits per heavy atom. The molecule has 0 saturated heterocycles. The van der Waals surface area contributed by atoms with Gasteiger partial charge < -0.3 is 8.33 Å². The van der Waals surface area contributed by atoms with Gasteiger partial charge in [-0.1, -0.05) is 0 Å². The molecule has 2 N–H and O–H groups in total. The first-order valence-corrected chi connectivity index (χ1v) is 0. The molecule has 0 aliphatic carbocycles. The molecule has 0 aliphatic rings. The van der Waals surface area contributed by atoms with Crippen LogP contribution in [-0.4, -0.2) is 51.0 Å². The van der Waals surface area contributed by atoms with Crippen LogP contribution < -0.4 is 0 Å². The van der Waals surface area contributed by atoms with E-state index in [0.717, 1.165) is 0 Å². The van der Waals surface area contributed by atoms with Crippen molar-refractivity contribution in [1.29, 1.82) is 0 Å². The Kier molecular flexibility index (Phi) is 192. The van der Waals surface area contributed by atoms with Crippen molar-refractivity contribution in [2.75, 3.05) is 0 Å². The maximum absolute atomic E-state index is 0. The summed E-state index contributed by atoms with van der Waals surface area (Å²) in [7, 11) is 0. The normalized spacial score (nSPS) is 0. The maximum Gasteiger partial charge on any atom is 2.00 e. The Morgan fingerprint density at radius 2 is 1.20 bits per heavy atom. The SMILES string of the molecule is O.[Co].[Fe].[H-].[H-].[La].[Sr+2]. The van der Waals surface area contributed by atoms with E-state index < -0.39 is 0 Å². The largest absolute Gasteiger partial charge is 2.00 e. The summed E-state index contributed by atoms with van der Waals surface area (Å²) in [6.07, 6.45) is 0. The van der Waals surface area contributed by atoms with Gasteiger partial charge in [0.1, 0.15) is 0 Å². The van der Waals surface area contributed by atoms with Crippen LogP contribution in [0.1, 0.15) is 2.85 Å². The predicted molar refractivity (Wildman–Crippen MR) is 11.6 cm³/mol. The van der Waals surface area contributed by atoms with Crippen LogP contribution in [0.15, 0.2) is 0 Å². The number of hydrogen-bond donors (Lipinski definition) is 0. The van der Waals surface area contributed by atoms with E-state index in [1.165, 1.54) is 0 Å². The van der Waals surface area contributed by atoms with E-state index in [-0.39, 0.29) is 123 Å². The predicted octanol–water partition coefficient (Wildman–Crippen LogP) is -0.986. The van der Waals surface area contributed by atoms with Crippen molar-refractivity contribution >= 4 is 45.5 Å². The molecule has 0 aliphatic heterocycles. The molecule has 5 heavy (non-hydrogen) atoms. The molecular weight excluding hydrogens is 357 g/mol. The fourth-order valence-corrected chi connectivity index (χ4v) is 0. The summed E-state index contributed by atoms with van der Waals surface area (Å²) in [5.74, 6) is 0. The topological polar surface area (TPSA) is 31.5 Å². The second-order valence-electron chi connectivity index (χ2n) is 0. The van der Waals surface area contributed by atoms with Crippen molar-refractivity contribution in [1.82, 2.24) is 0 Å². The molecule has 0 fully saturated rings. The quantitative estimate of drug-likeness (QED) is 0.497. The number of hydrogen-bond acceptors (Lipinski definition) is 0. The van der Waals surface area contributed by atoms with Crippen LogP contribution in [0.3, 0.4) is 0 Å². The van der Waals surface area contributed by atoms with Crippen LogP contribution >= 0.6 is 0 Å². The Morgan fingerprint density at radius 1 is 1.20 bits per heavy atom. The van der Waals surface area contributed by atoms with Gasteiger partial charge in [0.15, 0.2) is 0 Å². The molecule has 0 rings (SSSR count). The van der Waals surface area contributed by atoms with Gasteiger partial charge in [-0.25, -0.2) is 0 Å². The average Bonchev–Trinajstić information content (AvgIpc) is 0. The van der Waals surface area contributed by atoms with E-state index in [1.807, 2.05) is 0 Å². The van der Waals surface area contributed by atoms with Gasteiger partial charge in [0.05, 0.1) is 0 Å². The van der Waals surface area contributed by atoms with Crippen LogP contribution in [-0.2, 0) is 33.8 Å². The Balaban J connectivity index is 0. The van der Waals surface area contributed by atoms with Gasteiger partial charge in [-0.3, -0.25) is 0 Å². The Hall–Kier alpha value is 3.66. The van der Waals surface area contributed by atoms with E-state index in [0.29, 0.717) is 0 Å². The summed E-state index contributed by atoms with van der Waals surface area (Å²) in [5.41, 5.74) is 0. The molecule has 0 amide bonds. The van der Waals surface area contributed by atoms with E-state index in [4.69, 9.17) is 0 Å². The summed E-state index contributed by atoms with van der Waals surface area (Å²) >= 11 is 0. The minimum atomic E-state index is 0. The van der Waals surface area contributed by atoms with Crippen LogP contribution in [0.4, 0.5) is 0 Å². The molecule has 0 aromatic carbocycles. The molecule has 0 aromatic rings. The molecule has 5 heteroatoms. The van der Waals surface area contributed by atoms with E-state index >= 15 is 0 Å². The molecular formula is H4CoFeLaOSr. The molecule has 2 radical (unpaired) electrons. The van der Waals surface area contributed by atoms with Crippen molar-refractivity contribution in [2.24, 2.45) is 0 Å². The minimum Gasteiger partial charge on any atom is -1.00 e. The van der Waals surface area contributed by atoms with Gasteiger partial charge in [-0.15, -0.1) is 0 Å². The third kappa shape index (κ3) is 18.3. The first-order valence-electron chi connectivity index (χ1n) is 0. The molecule has 32 valence electrons. The summed E-state index contributed by atoms with van der Waals surface area (Å²) in [6.45, 7) is 0. The van der Waals surface area contributed by atoms with Crippen LogP contribution in [0, 0.1) is 35.6 Å². The molecule has 0 atom stereocenters. The second kappa shape index (κ2) is 25.4. The summed E-state index contributed by atoms with van der Waals surface area (Å²) < 4.78 is 0. The van der Waals surface area contributed by atoms with Crippen LogP contribution in [0.5, 0.6) is 0 Å². The van der Waals surface area contributed by atoms with E-state index in [2.05, 4.69) is 0 Å². The van der Waals surface area contributed by atoms with Crippen LogP contribution in [0.25, 0.3) is 0 Å². The molecule has 0 heterocycles. The van der Waals surface area contributed by atoms with Crippen molar-refractivity contribution in [3.8, 4) is 0 Å². The molecule has 0 saturated carbocycles. The summed E-state index contributed by atoms with van der Waals surface area (Å²) in [6, 6.07) is 0. The number of rotatable bonds is 0. The van der Waals surface area contributed by atoms with Crippen molar-refractivity contribution in [3.05, 3.63) is 0 Å². The molecule has 1 nitrogen and oxygen atoms in total. The first kappa shape index (κ1) is 37.9. The van der Waals surface area contributed by atoms with Gasteiger partial charge in [0.25, 0.3) is 0 Å². The average molecular weight is 361 g/mol. The van der Waals surface area contributed by atoms with Crippen molar-refractivity contribution in [2.45, 2.75) is 0 Å². The first-order chi connectivity index (χ1) is 0. The zero-order chi connectivity index (χ0) is 0. The zero-order valence-electron chi connectivity index (χ0n) is 4.47. The maximum atomic E-state index is 0. The fourth-order valence-electron chi connectivity index (χ4n) is 0. The van der Waals surface area contributed by atoms with Gasteiger partial charge in [0.2, 0.25) is 0 Å². The standard InChI is InChI=1S/Co.Fe.La.H2O.Sr.2H/h;;;1H2;;;/q;;;;+2;2*-1. The molecule has 0 bridgehead atoms. The Labute approximate surface area is 120 Å². The molecule has 0 spiro atoms. The van der Waals surface area contributed by atoms with Crippen molar-refractivity contribution in [3.63, 3.8) is 0 Å². The minimum absolute atomic E-state index is 0. The van der Waals surface area contributed by atoms with E-state index in [9.17, 15) is 0 Å². The monoisotopic (exact) mass is 362 g/mol. The second-order valence-corrected chi connectivity index (χ2v) is 0. The smallest absolute Gasteiger partial charge is 1.00 e. The summed E-state index contributed by atoms with van der Waals surface area (Å²) in [4.78, 5) is 0. The third-order valence-electron chi connectivity index (χ3n) is 0. The van der Waals surface area contributed by atoms with Gasteiger partial charge in [0, 0.05) is 69.4 Å². The third-order valence-corrected chi connectivity index (χ3v) is 0. The molecule has 0 aromatic heterocycles. The molecule has 0 unspecified atom stereocenters. The van der Waals surface area contributed by atoms with Gasteiger partial charge in [-0.2, -0.15) is 0 Å². The van der Waals surface area contributed by atoms with Crippen LogP contribution in [0.2, 0.25) is 0 Å². The zero-order valence-corrected chi connectivity index (χ0v) is 11.7. The van der Waals surface area contributed by atoms with Crippen molar-refractivity contribution < 1.29 is 77.8 Å². The van der Waals surface area contributed by atoms with Gasteiger partial charge >= 0.3 is 45.5 Å². The summed E-state index contributed by atoms with van der Waals surface area (Å²) in [5, 5.41) is 0. The fraction of sp³-hybridized carbons (Fsp3) is 0. The Bertz CT molecular complexity index is 17.7. The van der Waals surface area contributed by atoms with E-state index in [1.54, 1.807) is 0 Å². The van der Waals surface area contributed by atoms with Gasteiger partial charge in [-0.05, 0) is 0 Å².